The third-order valence-corrected chi connectivity index (χ3v) is 4.78. The van der Waals surface area contributed by atoms with Crippen molar-refractivity contribution in [1.82, 2.24) is 4.31 Å². The standard InChI is InChI=1S/C12H18N2O3S/c1-10-8-14(9-11(7-13)17-10)18(15,16)12-5-3-2-4-6-12/h2-6,10-11H,7-9,13H2,1H3. The maximum absolute atomic E-state index is 12.4. The fourth-order valence-corrected chi connectivity index (χ4v) is 3.64. The highest BCUT2D eigenvalue weighted by atomic mass is 32.2. The summed E-state index contributed by atoms with van der Waals surface area (Å²) in [4.78, 5) is 0.315. The first-order valence-electron chi connectivity index (χ1n) is 5.94. The van der Waals surface area contributed by atoms with E-state index < -0.39 is 10.0 Å². The molecule has 0 amide bonds. The van der Waals surface area contributed by atoms with E-state index in [1.165, 1.54) is 4.31 Å². The molecule has 0 aromatic heterocycles. The van der Waals surface area contributed by atoms with Crippen molar-refractivity contribution in [3.05, 3.63) is 30.3 Å². The molecule has 1 aromatic rings. The van der Waals surface area contributed by atoms with Gasteiger partial charge in [0.25, 0.3) is 0 Å². The van der Waals surface area contributed by atoms with Gasteiger partial charge in [-0.3, -0.25) is 0 Å². The monoisotopic (exact) mass is 270 g/mol. The third-order valence-electron chi connectivity index (χ3n) is 2.94. The molecular weight excluding hydrogens is 252 g/mol. The van der Waals surface area contributed by atoms with Crippen molar-refractivity contribution in [2.24, 2.45) is 5.73 Å². The highest BCUT2D eigenvalue weighted by Gasteiger charge is 2.33. The van der Waals surface area contributed by atoms with Crippen molar-refractivity contribution in [2.45, 2.75) is 24.0 Å². The molecule has 1 fully saturated rings. The molecule has 0 spiro atoms. The van der Waals surface area contributed by atoms with E-state index in [2.05, 4.69) is 0 Å². The third kappa shape index (κ3) is 2.72. The average molecular weight is 270 g/mol. The largest absolute Gasteiger partial charge is 0.371 e. The van der Waals surface area contributed by atoms with Gasteiger partial charge in [0.15, 0.2) is 0 Å². The summed E-state index contributed by atoms with van der Waals surface area (Å²) in [5, 5.41) is 0. The number of ether oxygens (including phenoxy) is 1. The number of benzene rings is 1. The number of hydrogen-bond donors (Lipinski definition) is 1. The van der Waals surface area contributed by atoms with E-state index >= 15 is 0 Å². The van der Waals surface area contributed by atoms with Crippen LogP contribution in [0, 0.1) is 0 Å². The molecule has 2 rings (SSSR count). The summed E-state index contributed by atoms with van der Waals surface area (Å²) in [5.74, 6) is 0. The summed E-state index contributed by atoms with van der Waals surface area (Å²) in [6.45, 7) is 2.87. The lowest BCUT2D eigenvalue weighted by molar-refractivity contribution is -0.0486. The van der Waals surface area contributed by atoms with Crippen LogP contribution in [0.1, 0.15) is 6.92 Å². The number of morpholine rings is 1. The van der Waals surface area contributed by atoms with Gasteiger partial charge in [-0.25, -0.2) is 8.42 Å². The topological polar surface area (TPSA) is 72.6 Å². The Bertz CT molecular complexity index is 489. The zero-order chi connectivity index (χ0) is 13.2. The second-order valence-electron chi connectivity index (χ2n) is 4.44. The van der Waals surface area contributed by atoms with Crippen LogP contribution in [0.4, 0.5) is 0 Å². The Hall–Kier alpha value is -0.950. The van der Waals surface area contributed by atoms with Crippen LogP contribution in [0.15, 0.2) is 35.2 Å². The molecule has 0 bridgehead atoms. The molecule has 2 N–H and O–H groups in total. The molecule has 1 aliphatic rings. The highest BCUT2D eigenvalue weighted by molar-refractivity contribution is 7.89. The minimum Gasteiger partial charge on any atom is -0.371 e. The second-order valence-corrected chi connectivity index (χ2v) is 6.38. The molecule has 1 heterocycles. The maximum atomic E-state index is 12.4. The van der Waals surface area contributed by atoms with Crippen LogP contribution in [-0.4, -0.2) is 44.6 Å². The van der Waals surface area contributed by atoms with Crippen LogP contribution in [0.2, 0.25) is 0 Å². The minimum absolute atomic E-state index is 0.134. The van der Waals surface area contributed by atoms with E-state index in [-0.39, 0.29) is 12.2 Å². The van der Waals surface area contributed by atoms with Crippen molar-refractivity contribution >= 4 is 10.0 Å². The van der Waals surface area contributed by atoms with Gasteiger partial charge < -0.3 is 10.5 Å². The van der Waals surface area contributed by atoms with Gasteiger partial charge in [-0.15, -0.1) is 0 Å². The van der Waals surface area contributed by atoms with E-state index in [4.69, 9.17) is 10.5 Å². The van der Waals surface area contributed by atoms with E-state index in [1.807, 2.05) is 6.92 Å². The van der Waals surface area contributed by atoms with Gasteiger partial charge in [0.1, 0.15) is 0 Å². The quantitative estimate of drug-likeness (QED) is 0.864. The van der Waals surface area contributed by atoms with Gasteiger partial charge in [0, 0.05) is 19.6 Å². The molecule has 1 saturated heterocycles. The summed E-state index contributed by atoms with van der Waals surface area (Å²) >= 11 is 0. The van der Waals surface area contributed by atoms with Crippen LogP contribution < -0.4 is 5.73 Å². The van der Waals surface area contributed by atoms with E-state index in [9.17, 15) is 8.42 Å². The Kier molecular flexibility index (Phi) is 4.01. The predicted octanol–water partition coefficient (Wildman–Crippen LogP) is 0.423. The summed E-state index contributed by atoms with van der Waals surface area (Å²) in [5.41, 5.74) is 5.56. The molecular formula is C12H18N2O3S. The van der Waals surface area contributed by atoms with E-state index in [0.717, 1.165) is 0 Å². The van der Waals surface area contributed by atoms with Crippen LogP contribution in [0.3, 0.4) is 0 Å². The Balaban J connectivity index is 2.25. The minimum atomic E-state index is -3.44. The van der Waals surface area contributed by atoms with Crippen molar-refractivity contribution in [3.63, 3.8) is 0 Å². The molecule has 6 heteroatoms. The molecule has 0 saturated carbocycles. The number of sulfonamides is 1. The Morgan fingerprint density at radius 3 is 2.61 bits per heavy atom. The smallest absolute Gasteiger partial charge is 0.243 e. The molecule has 100 valence electrons. The fraction of sp³-hybridized carbons (Fsp3) is 0.500. The predicted molar refractivity (Wildman–Crippen MR) is 68.6 cm³/mol. The van der Waals surface area contributed by atoms with E-state index in [1.54, 1.807) is 30.3 Å². The lowest BCUT2D eigenvalue weighted by Crippen LogP contribution is -2.51. The normalized spacial score (nSPS) is 26.1. The van der Waals surface area contributed by atoms with Crippen molar-refractivity contribution in [1.29, 1.82) is 0 Å². The second kappa shape index (κ2) is 5.36. The molecule has 1 aromatic carbocycles. The van der Waals surface area contributed by atoms with Gasteiger partial charge in [-0.1, -0.05) is 18.2 Å². The first-order chi connectivity index (χ1) is 8.54. The van der Waals surface area contributed by atoms with Crippen molar-refractivity contribution in [2.75, 3.05) is 19.6 Å². The molecule has 5 nitrogen and oxygen atoms in total. The van der Waals surface area contributed by atoms with Gasteiger partial charge in [-0.05, 0) is 19.1 Å². The Labute approximate surface area is 108 Å². The summed E-state index contributed by atoms with van der Waals surface area (Å²) in [6, 6.07) is 8.44. The van der Waals surface area contributed by atoms with Crippen molar-refractivity contribution in [3.8, 4) is 0 Å². The molecule has 2 atom stereocenters. The zero-order valence-electron chi connectivity index (χ0n) is 10.3. The number of nitrogens with two attached hydrogens (primary N) is 1. The van der Waals surface area contributed by atoms with Crippen LogP contribution in [-0.2, 0) is 14.8 Å². The summed E-state index contributed by atoms with van der Waals surface area (Å²) in [7, 11) is -3.44. The van der Waals surface area contributed by atoms with Crippen LogP contribution >= 0.6 is 0 Å². The first-order valence-corrected chi connectivity index (χ1v) is 7.38. The van der Waals surface area contributed by atoms with E-state index in [0.29, 0.717) is 24.5 Å². The molecule has 0 aliphatic carbocycles. The Morgan fingerprint density at radius 2 is 2.00 bits per heavy atom. The lowest BCUT2D eigenvalue weighted by Gasteiger charge is -2.35. The lowest BCUT2D eigenvalue weighted by atomic mass is 10.2. The van der Waals surface area contributed by atoms with Crippen LogP contribution in [0.25, 0.3) is 0 Å². The van der Waals surface area contributed by atoms with Gasteiger partial charge >= 0.3 is 0 Å². The highest BCUT2D eigenvalue weighted by Crippen LogP contribution is 2.20. The molecule has 0 radical (unpaired) electrons. The number of nitrogens with zero attached hydrogens (tertiary/aromatic N) is 1. The van der Waals surface area contributed by atoms with Gasteiger partial charge in [0.05, 0.1) is 17.1 Å². The van der Waals surface area contributed by atoms with Crippen LogP contribution in [0.5, 0.6) is 0 Å². The molecule has 2 unspecified atom stereocenters. The number of rotatable bonds is 3. The first kappa shape index (κ1) is 13.5. The number of hydrogen-bond acceptors (Lipinski definition) is 4. The van der Waals surface area contributed by atoms with Gasteiger partial charge in [-0.2, -0.15) is 4.31 Å². The SMILES string of the molecule is CC1CN(S(=O)(=O)c2ccccc2)CC(CN)O1. The fourth-order valence-electron chi connectivity index (χ4n) is 2.07. The van der Waals surface area contributed by atoms with Crippen molar-refractivity contribution < 1.29 is 13.2 Å². The maximum Gasteiger partial charge on any atom is 0.243 e. The molecule has 1 aliphatic heterocycles. The van der Waals surface area contributed by atoms with Gasteiger partial charge in [0.2, 0.25) is 10.0 Å². The average Bonchev–Trinajstić information content (AvgIpc) is 2.39. The summed E-state index contributed by atoms with van der Waals surface area (Å²) in [6.07, 6.45) is -0.363. The Morgan fingerprint density at radius 1 is 1.33 bits per heavy atom. The zero-order valence-corrected chi connectivity index (χ0v) is 11.1. The molecule has 18 heavy (non-hydrogen) atoms. The summed E-state index contributed by atoms with van der Waals surface area (Å²) < 4.78 is 31.9.